The van der Waals surface area contributed by atoms with Gasteiger partial charge in [-0.1, -0.05) is 0 Å². The molecule has 0 aliphatic heterocycles. The quantitative estimate of drug-likeness (QED) is 0.628. The van der Waals surface area contributed by atoms with Crippen LogP contribution in [-0.2, 0) is 19.1 Å². The first kappa shape index (κ1) is 16.1. The second-order valence-corrected chi connectivity index (χ2v) is 14.1. The first-order valence-electron chi connectivity index (χ1n) is 5.55. The van der Waals surface area contributed by atoms with Crippen LogP contribution in [0.25, 0.3) is 0 Å². The van der Waals surface area contributed by atoms with Crippen LogP contribution in [0.3, 0.4) is 0 Å². The summed E-state index contributed by atoms with van der Waals surface area (Å²) in [5.74, 6) is -0.387. The Kier molecular flexibility index (Phi) is 10.3. The zero-order valence-electron chi connectivity index (χ0n) is 9.83. The van der Waals surface area contributed by atoms with Gasteiger partial charge in [0.2, 0.25) is 0 Å². The molecule has 0 saturated heterocycles. The van der Waals surface area contributed by atoms with E-state index in [4.69, 9.17) is 18.1 Å². The van der Waals surface area contributed by atoms with Crippen molar-refractivity contribution in [3.63, 3.8) is 0 Å². The van der Waals surface area contributed by atoms with Crippen molar-refractivity contribution in [3.8, 4) is 0 Å². The van der Waals surface area contributed by atoms with Crippen LogP contribution in [0.1, 0.15) is 26.7 Å². The summed E-state index contributed by atoms with van der Waals surface area (Å²) in [5, 5.41) is 0. The van der Waals surface area contributed by atoms with Crippen LogP contribution in [0.5, 0.6) is 0 Å². The van der Waals surface area contributed by atoms with Crippen LogP contribution < -0.4 is 0 Å². The molecule has 92 valence electrons. The molecule has 16 heavy (non-hydrogen) atoms. The third-order valence-electron chi connectivity index (χ3n) is 1.93. The molecule has 6 heteroatoms. The SMILES string of the molecule is CCOC(=O)C[CH2][In]([Cl])[CH2]CC(=O)OCC. The molecule has 0 unspecified atom stereocenters. The normalized spacial score (nSPS) is 9.69. The fourth-order valence-electron chi connectivity index (χ4n) is 1.16. The molecule has 4 nitrogen and oxygen atoms in total. The number of rotatable bonds is 8. The number of carbonyl (C=O) groups is 2. The molecule has 0 spiro atoms. The number of hydrogen-bond acceptors (Lipinski definition) is 4. The van der Waals surface area contributed by atoms with Gasteiger partial charge >= 0.3 is 108 Å². The van der Waals surface area contributed by atoms with Crippen molar-refractivity contribution in [3.05, 3.63) is 0 Å². The fraction of sp³-hybridized carbons (Fsp3) is 0.800. The van der Waals surface area contributed by atoms with Gasteiger partial charge in [0, 0.05) is 0 Å². The summed E-state index contributed by atoms with van der Waals surface area (Å²) in [6, 6.07) is 0. The average molecular weight is 353 g/mol. The van der Waals surface area contributed by atoms with Gasteiger partial charge < -0.3 is 0 Å². The molecular formula is C10H18ClInO4. The van der Waals surface area contributed by atoms with Crippen molar-refractivity contribution in [2.45, 2.75) is 35.0 Å². The fourth-order valence-corrected chi connectivity index (χ4v) is 6.58. The van der Waals surface area contributed by atoms with Crippen molar-refractivity contribution in [1.29, 1.82) is 0 Å². The third kappa shape index (κ3) is 9.34. The van der Waals surface area contributed by atoms with Crippen molar-refractivity contribution in [1.82, 2.24) is 0 Å². The predicted molar refractivity (Wildman–Crippen MR) is 63.7 cm³/mol. The molecule has 0 fully saturated rings. The third-order valence-corrected chi connectivity index (χ3v) is 10.1. The molecule has 0 atom stereocenters. The Hall–Kier alpha value is 0.100. The molecule has 0 radical (unpaired) electrons. The molecule has 0 bridgehead atoms. The minimum atomic E-state index is -2.16. The summed E-state index contributed by atoms with van der Waals surface area (Å²) in [6.45, 7) is 4.37. The predicted octanol–water partition coefficient (Wildman–Crippen LogP) is 2.12. The van der Waals surface area contributed by atoms with Crippen LogP contribution >= 0.6 is 8.58 Å². The monoisotopic (exact) mass is 352 g/mol. The van der Waals surface area contributed by atoms with Gasteiger partial charge in [-0.25, -0.2) is 0 Å². The van der Waals surface area contributed by atoms with Gasteiger partial charge in [-0.05, 0) is 0 Å². The molecule has 0 heterocycles. The Balaban J connectivity index is 3.54. The molecule has 0 aromatic carbocycles. The van der Waals surface area contributed by atoms with E-state index < -0.39 is 20.3 Å². The number of esters is 2. The Morgan fingerprint density at radius 3 is 1.69 bits per heavy atom. The zero-order valence-corrected chi connectivity index (χ0v) is 13.9. The maximum absolute atomic E-state index is 11.0. The van der Waals surface area contributed by atoms with Gasteiger partial charge in [-0.15, -0.1) is 0 Å². The van der Waals surface area contributed by atoms with E-state index >= 15 is 0 Å². The van der Waals surface area contributed by atoms with Crippen LogP contribution in [0.15, 0.2) is 0 Å². The van der Waals surface area contributed by atoms with Gasteiger partial charge in [0.15, 0.2) is 0 Å². The van der Waals surface area contributed by atoms with Crippen LogP contribution in [-0.4, -0.2) is 45.4 Å². The molecule has 0 aromatic heterocycles. The number of hydrogen-bond donors (Lipinski definition) is 0. The molecule has 0 saturated carbocycles. The molecule has 0 aliphatic carbocycles. The average Bonchev–Trinajstić information content (AvgIpc) is 2.24. The summed E-state index contributed by atoms with van der Waals surface area (Å²) in [7, 11) is 6.16. The van der Waals surface area contributed by atoms with Crippen molar-refractivity contribution < 1.29 is 19.1 Å². The molecular weight excluding hydrogens is 334 g/mol. The van der Waals surface area contributed by atoms with E-state index in [1.807, 2.05) is 0 Å². The summed E-state index contributed by atoms with van der Waals surface area (Å²) in [6.07, 6.45) is 0.780. The minimum absolute atomic E-state index is 0.194. The van der Waals surface area contributed by atoms with Crippen molar-refractivity contribution >= 4 is 40.8 Å². The van der Waals surface area contributed by atoms with Crippen molar-refractivity contribution in [2.24, 2.45) is 0 Å². The summed E-state index contributed by atoms with van der Waals surface area (Å²) < 4.78 is 11.1. The topological polar surface area (TPSA) is 52.6 Å². The van der Waals surface area contributed by atoms with Gasteiger partial charge in [0.1, 0.15) is 0 Å². The van der Waals surface area contributed by atoms with Gasteiger partial charge in [-0.3, -0.25) is 0 Å². The molecule has 0 aromatic rings. The summed E-state index contributed by atoms with van der Waals surface area (Å²) >= 11 is -2.16. The number of ether oxygens (including phenoxy) is 2. The van der Waals surface area contributed by atoms with E-state index in [0.717, 1.165) is 8.35 Å². The second kappa shape index (κ2) is 10.3. The standard InChI is InChI=1S/2C5H9O2.ClH.In/c2*1-3-5(6)7-4-2;;/h2*1,3-4H2,2H3;1H;/q;;;+1/p-1. The maximum atomic E-state index is 11.0. The van der Waals surface area contributed by atoms with Crippen LogP contribution in [0, 0.1) is 0 Å². The number of carbonyl (C=O) groups excluding carboxylic acids is 2. The first-order chi connectivity index (χ1) is 7.60. The molecule has 0 amide bonds. The van der Waals surface area contributed by atoms with E-state index in [0.29, 0.717) is 26.1 Å². The van der Waals surface area contributed by atoms with Gasteiger partial charge in [0.25, 0.3) is 0 Å². The van der Waals surface area contributed by atoms with E-state index in [2.05, 4.69) is 0 Å². The Morgan fingerprint density at radius 1 is 1.00 bits per heavy atom. The number of halogens is 1. The van der Waals surface area contributed by atoms with Gasteiger partial charge in [-0.2, -0.15) is 0 Å². The Morgan fingerprint density at radius 2 is 1.38 bits per heavy atom. The molecule has 0 N–H and O–H groups in total. The first-order valence-corrected chi connectivity index (χ1v) is 14.4. The van der Waals surface area contributed by atoms with E-state index in [1.165, 1.54) is 0 Å². The summed E-state index contributed by atoms with van der Waals surface area (Å²) in [5.41, 5.74) is 0. The van der Waals surface area contributed by atoms with Gasteiger partial charge in [0.05, 0.1) is 0 Å². The van der Waals surface area contributed by atoms with E-state index in [1.54, 1.807) is 13.8 Å². The van der Waals surface area contributed by atoms with E-state index in [9.17, 15) is 9.59 Å². The van der Waals surface area contributed by atoms with E-state index in [-0.39, 0.29) is 11.9 Å². The van der Waals surface area contributed by atoms with Crippen LogP contribution in [0.2, 0.25) is 8.35 Å². The Labute approximate surface area is 108 Å². The summed E-state index contributed by atoms with van der Waals surface area (Å²) in [4.78, 5) is 22.1. The van der Waals surface area contributed by atoms with Crippen LogP contribution in [0.4, 0.5) is 0 Å². The Bertz CT molecular complexity index is 201. The zero-order chi connectivity index (χ0) is 12.4. The molecule has 0 rings (SSSR count). The molecule has 0 aliphatic rings. The van der Waals surface area contributed by atoms with Crippen molar-refractivity contribution in [2.75, 3.05) is 13.2 Å². The second-order valence-electron chi connectivity index (χ2n) is 3.28.